The van der Waals surface area contributed by atoms with Gasteiger partial charge < -0.3 is 4.74 Å². The lowest BCUT2D eigenvalue weighted by atomic mass is 9.86. The first-order chi connectivity index (χ1) is 8.75. The normalized spacial score (nSPS) is 16.6. The number of ketones is 1. The van der Waals surface area contributed by atoms with Gasteiger partial charge in [0.2, 0.25) is 0 Å². The highest BCUT2D eigenvalue weighted by molar-refractivity contribution is 5.89. The van der Waals surface area contributed by atoms with E-state index in [-0.39, 0.29) is 5.97 Å². The number of esters is 1. The fourth-order valence-corrected chi connectivity index (χ4v) is 2.26. The fourth-order valence-electron chi connectivity index (χ4n) is 2.26. The molecule has 1 aromatic rings. The lowest BCUT2D eigenvalue weighted by molar-refractivity contribution is -0.121. The van der Waals surface area contributed by atoms with Crippen LogP contribution in [0.2, 0.25) is 0 Å². The molecule has 3 heteroatoms. The standard InChI is InChI=1S/C15H18O3/c16-14-8-6-12(7-9-14)10-11-18-15(17)13-4-2-1-3-5-13/h1-5,12H,6-11H2. The van der Waals surface area contributed by atoms with Gasteiger partial charge in [0, 0.05) is 12.8 Å². The number of carbonyl (C=O) groups excluding carboxylic acids is 2. The summed E-state index contributed by atoms with van der Waals surface area (Å²) in [5, 5.41) is 0. The van der Waals surface area contributed by atoms with E-state index in [0.717, 1.165) is 19.3 Å². The maximum atomic E-state index is 11.7. The zero-order valence-electron chi connectivity index (χ0n) is 10.4. The van der Waals surface area contributed by atoms with Crippen molar-refractivity contribution in [2.24, 2.45) is 5.92 Å². The Kier molecular flexibility index (Phi) is 4.51. The molecule has 0 radical (unpaired) electrons. The van der Waals surface area contributed by atoms with Crippen LogP contribution < -0.4 is 0 Å². The zero-order valence-corrected chi connectivity index (χ0v) is 10.4. The SMILES string of the molecule is O=C1CCC(CCOC(=O)c2ccccc2)CC1. The molecule has 0 bridgehead atoms. The second kappa shape index (κ2) is 6.34. The van der Waals surface area contributed by atoms with Crippen molar-refractivity contribution in [3.8, 4) is 0 Å². The highest BCUT2D eigenvalue weighted by Gasteiger charge is 2.18. The van der Waals surface area contributed by atoms with Gasteiger partial charge in [-0.15, -0.1) is 0 Å². The third-order valence-electron chi connectivity index (χ3n) is 3.43. The number of hydrogen-bond acceptors (Lipinski definition) is 3. The molecule has 1 aliphatic rings. The Hall–Kier alpha value is -1.64. The van der Waals surface area contributed by atoms with Crippen molar-refractivity contribution in [2.45, 2.75) is 32.1 Å². The lowest BCUT2D eigenvalue weighted by Gasteiger charge is -2.20. The Labute approximate surface area is 107 Å². The summed E-state index contributed by atoms with van der Waals surface area (Å²) < 4.78 is 5.23. The van der Waals surface area contributed by atoms with E-state index in [4.69, 9.17) is 4.74 Å². The molecule has 0 saturated heterocycles. The van der Waals surface area contributed by atoms with Crippen LogP contribution in [0.1, 0.15) is 42.5 Å². The quantitative estimate of drug-likeness (QED) is 0.767. The number of rotatable bonds is 4. The van der Waals surface area contributed by atoms with Crippen LogP contribution in [0.4, 0.5) is 0 Å². The number of carbonyl (C=O) groups is 2. The molecule has 0 unspecified atom stereocenters. The van der Waals surface area contributed by atoms with Gasteiger partial charge in [-0.05, 0) is 37.3 Å². The number of hydrogen-bond donors (Lipinski definition) is 0. The first-order valence-electron chi connectivity index (χ1n) is 6.49. The van der Waals surface area contributed by atoms with Crippen LogP contribution in [0.5, 0.6) is 0 Å². The van der Waals surface area contributed by atoms with Crippen molar-refractivity contribution in [1.29, 1.82) is 0 Å². The van der Waals surface area contributed by atoms with Gasteiger partial charge in [-0.25, -0.2) is 4.79 Å². The molecule has 0 aliphatic heterocycles. The molecule has 0 atom stereocenters. The van der Waals surface area contributed by atoms with E-state index < -0.39 is 0 Å². The predicted octanol–water partition coefficient (Wildman–Crippen LogP) is 2.99. The highest BCUT2D eigenvalue weighted by atomic mass is 16.5. The third-order valence-corrected chi connectivity index (χ3v) is 3.43. The van der Waals surface area contributed by atoms with Gasteiger partial charge in [0.1, 0.15) is 5.78 Å². The Bertz CT molecular complexity index is 401. The second-order valence-corrected chi connectivity index (χ2v) is 4.77. The summed E-state index contributed by atoms with van der Waals surface area (Å²) in [4.78, 5) is 22.8. The van der Waals surface area contributed by atoms with Crippen molar-refractivity contribution in [3.05, 3.63) is 35.9 Å². The van der Waals surface area contributed by atoms with Crippen molar-refractivity contribution in [3.63, 3.8) is 0 Å². The van der Waals surface area contributed by atoms with Crippen molar-refractivity contribution in [1.82, 2.24) is 0 Å². The van der Waals surface area contributed by atoms with Gasteiger partial charge >= 0.3 is 5.97 Å². The number of Topliss-reactive ketones (excluding diaryl/α,β-unsaturated/α-hetero) is 1. The molecule has 0 heterocycles. The summed E-state index contributed by atoms with van der Waals surface area (Å²) in [6, 6.07) is 9.02. The van der Waals surface area contributed by atoms with Crippen LogP contribution in [-0.4, -0.2) is 18.4 Å². The Morgan fingerprint density at radius 3 is 2.50 bits per heavy atom. The van der Waals surface area contributed by atoms with Gasteiger partial charge in [-0.2, -0.15) is 0 Å². The minimum Gasteiger partial charge on any atom is -0.462 e. The van der Waals surface area contributed by atoms with Crippen LogP contribution in [0.15, 0.2) is 30.3 Å². The van der Waals surface area contributed by atoms with Crippen LogP contribution >= 0.6 is 0 Å². The van der Waals surface area contributed by atoms with E-state index in [9.17, 15) is 9.59 Å². The smallest absolute Gasteiger partial charge is 0.338 e. The predicted molar refractivity (Wildman–Crippen MR) is 68.3 cm³/mol. The molecule has 1 aliphatic carbocycles. The maximum Gasteiger partial charge on any atom is 0.338 e. The molecule has 0 amide bonds. The van der Waals surface area contributed by atoms with Gasteiger partial charge in [0.15, 0.2) is 0 Å². The number of ether oxygens (including phenoxy) is 1. The Morgan fingerprint density at radius 2 is 1.83 bits per heavy atom. The third kappa shape index (κ3) is 3.69. The van der Waals surface area contributed by atoms with Crippen molar-refractivity contribution in [2.75, 3.05) is 6.61 Å². The molecule has 0 spiro atoms. The van der Waals surface area contributed by atoms with Gasteiger partial charge in [-0.1, -0.05) is 18.2 Å². The molecule has 0 N–H and O–H groups in total. The second-order valence-electron chi connectivity index (χ2n) is 4.77. The minimum atomic E-state index is -0.262. The first-order valence-corrected chi connectivity index (χ1v) is 6.49. The van der Waals surface area contributed by atoms with E-state index in [1.165, 1.54) is 0 Å². The van der Waals surface area contributed by atoms with E-state index in [0.29, 0.717) is 36.7 Å². The van der Waals surface area contributed by atoms with Crippen molar-refractivity contribution >= 4 is 11.8 Å². The first kappa shape index (κ1) is 12.8. The average Bonchev–Trinajstić information content (AvgIpc) is 2.42. The minimum absolute atomic E-state index is 0.262. The van der Waals surface area contributed by atoms with E-state index in [1.807, 2.05) is 18.2 Å². The summed E-state index contributed by atoms with van der Waals surface area (Å²) in [5.41, 5.74) is 0.594. The Morgan fingerprint density at radius 1 is 1.17 bits per heavy atom. The van der Waals surface area contributed by atoms with E-state index >= 15 is 0 Å². The van der Waals surface area contributed by atoms with E-state index in [1.54, 1.807) is 12.1 Å². The van der Waals surface area contributed by atoms with Crippen molar-refractivity contribution < 1.29 is 14.3 Å². The lowest BCUT2D eigenvalue weighted by Crippen LogP contribution is -2.16. The summed E-state index contributed by atoms with van der Waals surface area (Å²) in [6.07, 6.45) is 4.14. The van der Waals surface area contributed by atoms with Crippen LogP contribution in [0.25, 0.3) is 0 Å². The van der Waals surface area contributed by atoms with Crippen LogP contribution in [0, 0.1) is 5.92 Å². The summed E-state index contributed by atoms with van der Waals surface area (Å²) >= 11 is 0. The zero-order chi connectivity index (χ0) is 12.8. The molecule has 96 valence electrons. The molecular formula is C15H18O3. The molecular weight excluding hydrogens is 228 g/mol. The topological polar surface area (TPSA) is 43.4 Å². The van der Waals surface area contributed by atoms with Crippen LogP contribution in [-0.2, 0) is 9.53 Å². The van der Waals surface area contributed by atoms with Gasteiger partial charge in [-0.3, -0.25) is 4.79 Å². The average molecular weight is 246 g/mol. The highest BCUT2D eigenvalue weighted by Crippen LogP contribution is 2.24. The summed E-state index contributed by atoms with van der Waals surface area (Å²) in [7, 11) is 0. The fraction of sp³-hybridized carbons (Fsp3) is 0.467. The molecule has 18 heavy (non-hydrogen) atoms. The van der Waals surface area contributed by atoms with E-state index in [2.05, 4.69) is 0 Å². The molecule has 1 fully saturated rings. The molecule has 3 nitrogen and oxygen atoms in total. The van der Waals surface area contributed by atoms with Crippen LogP contribution in [0.3, 0.4) is 0 Å². The molecule has 1 saturated carbocycles. The Balaban J connectivity index is 1.69. The monoisotopic (exact) mass is 246 g/mol. The number of benzene rings is 1. The van der Waals surface area contributed by atoms with Gasteiger partial charge in [0.25, 0.3) is 0 Å². The van der Waals surface area contributed by atoms with Gasteiger partial charge in [0.05, 0.1) is 12.2 Å². The maximum absolute atomic E-state index is 11.7. The molecule has 1 aromatic carbocycles. The summed E-state index contributed by atoms with van der Waals surface area (Å²) in [5.74, 6) is 0.640. The molecule has 0 aromatic heterocycles. The largest absolute Gasteiger partial charge is 0.462 e. The molecule has 2 rings (SSSR count). The summed E-state index contributed by atoms with van der Waals surface area (Å²) in [6.45, 7) is 0.451.